The lowest BCUT2D eigenvalue weighted by atomic mass is 10.0. The van der Waals surface area contributed by atoms with Gasteiger partial charge in [-0.25, -0.2) is 0 Å². The molecule has 2 rings (SSSR count). The van der Waals surface area contributed by atoms with Crippen molar-refractivity contribution in [2.45, 2.75) is 53.0 Å². The highest BCUT2D eigenvalue weighted by Crippen LogP contribution is 2.50. The molecule has 0 amide bonds. The topological polar surface area (TPSA) is 41.6 Å². The van der Waals surface area contributed by atoms with Crippen LogP contribution in [0.4, 0.5) is 0 Å². The fourth-order valence-corrected chi connectivity index (χ4v) is 2.45. The largest absolute Gasteiger partial charge is 0.269 e. The molecule has 3 heteroatoms. The summed E-state index contributed by atoms with van der Waals surface area (Å²) in [5.74, 6) is 0. The highest BCUT2D eigenvalue weighted by molar-refractivity contribution is 5.24. The molecule has 16 heavy (non-hydrogen) atoms. The molecule has 0 bridgehead atoms. The normalized spacial score (nSPS) is 17.1. The Morgan fingerprint density at radius 3 is 2.56 bits per heavy atom. The van der Waals surface area contributed by atoms with Gasteiger partial charge in [0.1, 0.15) is 0 Å². The first-order valence-electron chi connectivity index (χ1n) is 6.02. The van der Waals surface area contributed by atoms with Crippen LogP contribution in [-0.4, -0.2) is 9.78 Å². The first kappa shape index (κ1) is 11.2. The van der Waals surface area contributed by atoms with Gasteiger partial charge < -0.3 is 0 Å². The van der Waals surface area contributed by atoms with Gasteiger partial charge in [0.25, 0.3) is 0 Å². The Kier molecular flexibility index (Phi) is 2.75. The molecule has 1 fully saturated rings. The quantitative estimate of drug-likeness (QED) is 0.778. The van der Waals surface area contributed by atoms with Crippen LogP contribution in [0.2, 0.25) is 0 Å². The van der Waals surface area contributed by atoms with Crippen molar-refractivity contribution >= 4 is 0 Å². The Labute approximate surface area is 97.1 Å². The van der Waals surface area contributed by atoms with Gasteiger partial charge in [0.15, 0.2) is 0 Å². The number of nitrogens with zero attached hydrogens (tertiary/aromatic N) is 3. The third kappa shape index (κ3) is 1.84. The van der Waals surface area contributed by atoms with Crippen LogP contribution in [0, 0.1) is 30.6 Å². The average molecular weight is 217 g/mol. The van der Waals surface area contributed by atoms with E-state index in [4.69, 9.17) is 5.26 Å². The maximum atomic E-state index is 8.82. The molecule has 1 aliphatic rings. The zero-order valence-corrected chi connectivity index (χ0v) is 10.4. The van der Waals surface area contributed by atoms with Crippen molar-refractivity contribution in [1.82, 2.24) is 9.78 Å². The predicted molar refractivity (Wildman–Crippen MR) is 63.0 cm³/mol. The molecule has 0 aromatic carbocycles. The molecule has 0 atom stereocenters. The number of aryl methyl sites for hydroxylation is 1. The molecule has 1 heterocycles. The van der Waals surface area contributed by atoms with E-state index in [9.17, 15) is 0 Å². The van der Waals surface area contributed by atoms with E-state index >= 15 is 0 Å². The minimum Gasteiger partial charge on any atom is -0.269 e. The van der Waals surface area contributed by atoms with Crippen molar-refractivity contribution in [3.05, 3.63) is 17.0 Å². The van der Waals surface area contributed by atoms with Crippen molar-refractivity contribution in [2.24, 2.45) is 5.41 Å². The van der Waals surface area contributed by atoms with Crippen LogP contribution in [0.15, 0.2) is 0 Å². The van der Waals surface area contributed by atoms with Crippen molar-refractivity contribution in [1.29, 1.82) is 5.26 Å². The Bertz CT molecular complexity index is 433. The number of hydrogen-bond acceptors (Lipinski definition) is 2. The van der Waals surface area contributed by atoms with Crippen LogP contribution in [0.3, 0.4) is 0 Å². The first-order valence-corrected chi connectivity index (χ1v) is 6.02. The molecule has 1 aliphatic carbocycles. The Hall–Kier alpha value is -1.30. The molecule has 0 unspecified atom stereocenters. The molecule has 0 spiro atoms. The van der Waals surface area contributed by atoms with Gasteiger partial charge in [0.05, 0.1) is 11.8 Å². The maximum Gasteiger partial charge on any atom is 0.0628 e. The van der Waals surface area contributed by atoms with Gasteiger partial charge in [-0.15, -0.1) is 0 Å². The zero-order valence-electron chi connectivity index (χ0n) is 10.4. The van der Waals surface area contributed by atoms with E-state index in [1.807, 2.05) is 0 Å². The fourth-order valence-electron chi connectivity index (χ4n) is 2.45. The Balaban J connectivity index is 2.20. The smallest absolute Gasteiger partial charge is 0.0628 e. The van der Waals surface area contributed by atoms with Crippen LogP contribution in [-0.2, 0) is 13.0 Å². The predicted octanol–water partition coefficient (Wildman–Crippen LogP) is 2.76. The summed E-state index contributed by atoms with van der Waals surface area (Å²) in [6, 6.07) is 2.30. The summed E-state index contributed by atoms with van der Waals surface area (Å²) in [6.07, 6.45) is 4.08. The van der Waals surface area contributed by atoms with E-state index in [2.05, 4.69) is 36.6 Å². The number of aromatic nitrogens is 2. The summed E-state index contributed by atoms with van der Waals surface area (Å²) in [4.78, 5) is 0. The van der Waals surface area contributed by atoms with Gasteiger partial charge in [-0.2, -0.15) is 10.4 Å². The second kappa shape index (κ2) is 3.93. The minimum absolute atomic E-state index is 0.239. The lowest BCUT2D eigenvalue weighted by Gasteiger charge is -2.12. The minimum atomic E-state index is 0.239. The molecular weight excluding hydrogens is 198 g/mol. The molecule has 1 aromatic heterocycles. The number of rotatable bonds is 4. The summed E-state index contributed by atoms with van der Waals surface area (Å²) in [6.45, 7) is 7.31. The van der Waals surface area contributed by atoms with Crippen LogP contribution in [0.25, 0.3) is 0 Å². The van der Waals surface area contributed by atoms with Crippen LogP contribution in [0.5, 0.6) is 0 Å². The molecule has 0 radical (unpaired) electrons. The lowest BCUT2D eigenvalue weighted by molar-refractivity contribution is 0.398. The number of hydrogen-bond donors (Lipinski definition) is 0. The van der Waals surface area contributed by atoms with Crippen molar-refractivity contribution < 1.29 is 0 Å². The highest BCUT2D eigenvalue weighted by atomic mass is 15.3. The van der Waals surface area contributed by atoms with Gasteiger partial charge in [0, 0.05) is 24.1 Å². The Morgan fingerprint density at radius 1 is 1.44 bits per heavy atom. The molecular formula is C13H19N3. The Morgan fingerprint density at radius 2 is 2.12 bits per heavy atom. The van der Waals surface area contributed by atoms with Crippen LogP contribution >= 0.6 is 0 Å². The van der Waals surface area contributed by atoms with Crippen LogP contribution in [0.1, 0.15) is 43.1 Å². The SMILES string of the molecule is CCc1c(C)nn(CC2(CC#N)CC2)c1C. The number of nitriles is 1. The molecule has 1 aromatic rings. The lowest BCUT2D eigenvalue weighted by Crippen LogP contribution is -2.14. The van der Waals surface area contributed by atoms with Gasteiger partial charge >= 0.3 is 0 Å². The van der Waals surface area contributed by atoms with Crippen molar-refractivity contribution in [2.75, 3.05) is 0 Å². The molecule has 0 saturated heterocycles. The molecule has 86 valence electrons. The van der Waals surface area contributed by atoms with Gasteiger partial charge in [0.2, 0.25) is 0 Å². The standard InChI is InChI=1S/C13H19N3/c1-4-12-10(2)15-16(11(12)3)9-13(5-6-13)7-8-14/h4-7,9H2,1-3H3. The monoisotopic (exact) mass is 217 g/mol. The van der Waals surface area contributed by atoms with Crippen LogP contribution < -0.4 is 0 Å². The summed E-state index contributed by atoms with van der Waals surface area (Å²) in [7, 11) is 0. The average Bonchev–Trinajstić information content (AvgIpc) is 2.92. The fraction of sp³-hybridized carbons (Fsp3) is 0.692. The summed E-state index contributed by atoms with van der Waals surface area (Å²) < 4.78 is 2.11. The van der Waals surface area contributed by atoms with Gasteiger partial charge in [-0.1, -0.05) is 6.92 Å². The van der Waals surface area contributed by atoms with E-state index in [0.29, 0.717) is 6.42 Å². The summed E-state index contributed by atoms with van der Waals surface area (Å²) >= 11 is 0. The second-order valence-corrected chi connectivity index (χ2v) is 5.00. The van der Waals surface area contributed by atoms with E-state index < -0.39 is 0 Å². The van der Waals surface area contributed by atoms with Gasteiger partial charge in [-0.3, -0.25) is 4.68 Å². The molecule has 1 saturated carbocycles. The molecule has 0 aliphatic heterocycles. The van der Waals surface area contributed by atoms with E-state index in [-0.39, 0.29) is 5.41 Å². The first-order chi connectivity index (χ1) is 7.62. The van der Waals surface area contributed by atoms with E-state index in [0.717, 1.165) is 18.7 Å². The third-order valence-corrected chi connectivity index (χ3v) is 3.78. The summed E-state index contributed by atoms with van der Waals surface area (Å²) in [5.41, 5.74) is 4.04. The van der Waals surface area contributed by atoms with Crippen molar-refractivity contribution in [3.8, 4) is 6.07 Å². The van der Waals surface area contributed by atoms with Crippen molar-refractivity contribution in [3.63, 3.8) is 0 Å². The van der Waals surface area contributed by atoms with Gasteiger partial charge in [-0.05, 0) is 38.7 Å². The zero-order chi connectivity index (χ0) is 11.8. The molecule has 3 nitrogen and oxygen atoms in total. The maximum absolute atomic E-state index is 8.82. The molecule has 0 N–H and O–H groups in total. The highest BCUT2D eigenvalue weighted by Gasteiger charge is 2.43. The summed E-state index contributed by atoms with van der Waals surface area (Å²) in [5, 5.41) is 13.4. The van der Waals surface area contributed by atoms with E-state index in [1.54, 1.807) is 0 Å². The van der Waals surface area contributed by atoms with E-state index in [1.165, 1.54) is 24.1 Å². The third-order valence-electron chi connectivity index (χ3n) is 3.78. The second-order valence-electron chi connectivity index (χ2n) is 5.00.